The minimum Gasteiger partial charge on any atom is -0.497 e. The van der Waals surface area contributed by atoms with E-state index in [1.54, 1.807) is 43.5 Å². The van der Waals surface area contributed by atoms with Crippen molar-refractivity contribution >= 4 is 23.6 Å². The molecule has 0 spiro atoms. The number of anilines is 1. The molecule has 1 amide bonds. The number of hydrogen-bond acceptors (Lipinski definition) is 7. The van der Waals surface area contributed by atoms with Crippen LogP contribution in [-0.2, 0) is 14.3 Å². The Morgan fingerprint density at radius 1 is 0.862 bits per heavy atom. The summed E-state index contributed by atoms with van der Waals surface area (Å²) in [7, 11) is 6.08. The predicted molar refractivity (Wildman–Crippen MR) is 108 cm³/mol. The topological polar surface area (TPSA) is 92.3 Å². The molecule has 1 N–H and O–H groups in total. The average Bonchev–Trinajstić information content (AvgIpc) is 2.75. The molecule has 0 bridgehead atoms. The Kier molecular flexibility index (Phi) is 7.90. The van der Waals surface area contributed by atoms with Gasteiger partial charge in [0, 0.05) is 29.5 Å². The van der Waals surface area contributed by atoms with Crippen molar-refractivity contribution in [2.75, 3.05) is 40.4 Å². The summed E-state index contributed by atoms with van der Waals surface area (Å²) in [4.78, 5) is 23.9. The van der Waals surface area contributed by atoms with Crippen LogP contribution in [0.25, 0.3) is 6.08 Å². The van der Waals surface area contributed by atoms with Crippen LogP contribution in [0.2, 0.25) is 0 Å². The van der Waals surface area contributed by atoms with Gasteiger partial charge in [0.05, 0.1) is 28.4 Å². The van der Waals surface area contributed by atoms with Gasteiger partial charge in [0.25, 0.3) is 5.91 Å². The van der Waals surface area contributed by atoms with E-state index in [1.165, 1.54) is 33.5 Å². The lowest BCUT2D eigenvalue weighted by Crippen LogP contribution is -2.20. The Balaban J connectivity index is 1.90. The molecule has 8 nitrogen and oxygen atoms in total. The lowest BCUT2D eigenvalue weighted by molar-refractivity contribution is -0.142. The van der Waals surface area contributed by atoms with Crippen molar-refractivity contribution in [3.05, 3.63) is 48.0 Å². The first-order valence-corrected chi connectivity index (χ1v) is 8.59. The number of rotatable bonds is 9. The first-order chi connectivity index (χ1) is 14.0. The largest absolute Gasteiger partial charge is 0.497 e. The Labute approximate surface area is 169 Å². The molecule has 2 aromatic rings. The number of esters is 1. The van der Waals surface area contributed by atoms with Gasteiger partial charge in [-0.15, -0.1) is 0 Å². The van der Waals surface area contributed by atoms with E-state index < -0.39 is 18.5 Å². The summed E-state index contributed by atoms with van der Waals surface area (Å²) in [6.45, 7) is -0.433. The highest BCUT2D eigenvalue weighted by atomic mass is 16.5. The molecule has 2 aromatic carbocycles. The van der Waals surface area contributed by atoms with E-state index in [0.717, 1.165) is 0 Å². The molecule has 0 unspecified atom stereocenters. The van der Waals surface area contributed by atoms with Crippen LogP contribution < -0.4 is 24.3 Å². The third-order valence-corrected chi connectivity index (χ3v) is 3.85. The Hall–Kier alpha value is -3.68. The van der Waals surface area contributed by atoms with Crippen LogP contribution in [0, 0.1) is 0 Å². The van der Waals surface area contributed by atoms with E-state index in [0.29, 0.717) is 34.2 Å². The summed E-state index contributed by atoms with van der Waals surface area (Å²) in [6, 6.07) is 10.1. The molecule has 0 aliphatic carbocycles. The fraction of sp³-hybridized carbons (Fsp3) is 0.238. The highest BCUT2D eigenvalue weighted by Gasteiger charge is 2.09. The monoisotopic (exact) mass is 401 g/mol. The second-order valence-electron chi connectivity index (χ2n) is 5.67. The van der Waals surface area contributed by atoms with Crippen LogP contribution in [0.4, 0.5) is 5.69 Å². The quantitative estimate of drug-likeness (QED) is 0.510. The molecule has 0 saturated carbocycles. The van der Waals surface area contributed by atoms with E-state index in [4.69, 9.17) is 23.7 Å². The van der Waals surface area contributed by atoms with Crippen LogP contribution in [0.15, 0.2) is 42.5 Å². The third kappa shape index (κ3) is 6.17. The number of hydrogen-bond donors (Lipinski definition) is 1. The average molecular weight is 401 g/mol. The van der Waals surface area contributed by atoms with Gasteiger partial charge in [0.1, 0.15) is 11.5 Å². The first kappa shape index (κ1) is 21.6. The lowest BCUT2D eigenvalue weighted by Gasteiger charge is -2.10. The molecule has 2 rings (SSSR count). The van der Waals surface area contributed by atoms with Gasteiger partial charge in [-0.25, -0.2) is 4.79 Å². The maximum atomic E-state index is 12.0. The zero-order chi connectivity index (χ0) is 21.2. The third-order valence-electron chi connectivity index (χ3n) is 3.85. The van der Waals surface area contributed by atoms with Gasteiger partial charge in [0.2, 0.25) is 0 Å². The van der Waals surface area contributed by atoms with Gasteiger partial charge in [-0.1, -0.05) is 0 Å². The van der Waals surface area contributed by atoms with Gasteiger partial charge in [0.15, 0.2) is 18.1 Å². The molecular formula is C21H23NO7. The molecule has 0 atom stereocenters. The second kappa shape index (κ2) is 10.6. The molecule has 0 fully saturated rings. The van der Waals surface area contributed by atoms with E-state index >= 15 is 0 Å². The molecule has 154 valence electrons. The van der Waals surface area contributed by atoms with Gasteiger partial charge in [-0.2, -0.15) is 0 Å². The van der Waals surface area contributed by atoms with Crippen molar-refractivity contribution in [3.8, 4) is 23.0 Å². The molecule has 0 aliphatic rings. The molecule has 0 radical (unpaired) electrons. The number of carbonyl (C=O) groups is 2. The van der Waals surface area contributed by atoms with E-state index in [-0.39, 0.29) is 0 Å². The SMILES string of the molecule is COc1ccc(/C=C/C(=O)OCC(=O)Nc2ccc(OC)c(OC)c2)c(OC)c1. The van der Waals surface area contributed by atoms with Crippen LogP contribution in [0.3, 0.4) is 0 Å². The summed E-state index contributed by atoms with van der Waals surface area (Å²) in [5.74, 6) is 1.04. The molecule has 0 heterocycles. The van der Waals surface area contributed by atoms with Crippen molar-refractivity contribution in [1.29, 1.82) is 0 Å². The summed E-state index contributed by atoms with van der Waals surface area (Å²) in [5, 5.41) is 2.62. The van der Waals surface area contributed by atoms with Crippen molar-refractivity contribution in [2.24, 2.45) is 0 Å². The number of nitrogens with one attached hydrogen (secondary N) is 1. The Morgan fingerprint density at radius 2 is 1.59 bits per heavy atom. The summed E-state index contributed by atoms with van der Waals surface area (Å²) < 4.78 is 25.6. The highest BCUT2D eigenvalue weighted by molar-refractivity contribution is 5.95. The highest BCUT2D eigenvalue weighted by Crippen LogP contribution is 2.29. The number of amides is 1. The number of carbonyl (C=O) groups excluding carboxylic acids is 2. The number of benzene rings is 2. The van der Waals surface area contributed by atoms with Gasteiger partial charge < -0.3 is 29.0 Å². The molecule has 0 aliphatic heterocycles. The Morgan fingerprint density at radius 3 is 2.24 bits per heavy atom. The van der Waals surface area contributed by atoms with E-state index in [1.807, 2.05) is 0 Å². The normalized spacial score (nSPS) is 10.3. The minimum atomic E-state index is -0.662. The van der Waals surface area contributed by atoms with Crippen molar-refractivity contribution in [3.63, 3.8) is 0 Å². The molecule has 29 heavy (non-hydrogen) atoms. The fourth-order valence-electron chi connectivity index (χ4n) is 2.41. The Bertz CT molecular complexity index is 893. The minimum absolute atomic E-state index is 0.433. The molecule has 8 heteroatoms. The summed E-state index contributed by atoms with van der Waals surface area (Å²) in [6.07, 6.45) is 2.75. The van der Waals surface area contributed by atoms with Gasteiger partial charge in [-0.3, -0.25) is 4.79 Å². The van der Waals surface area contributed by atoms with E-state index in [9.17, 15) is 9.59 Å². The van der Waals surface area contributed by atoms with E-state index in [2.05, 4.69) is 5.32 Å². The van der Waals surface area contributed by atoms with Crippen molar-refractivity contribution < 1.29 is 33.3 Å². The smallest absolute Gasteiger partial charge is 0.331 e. The fourth-order valence-corrected chi connectivity index (χ4v) is 2.41. The predicted octanol–water partition coefficient (Wildman–Crippen LogP) is 2.92. The maximum absolute atomic E-state index is 12.0. The summed E-state index contributed by atoms with van der Waals surface area (Å²) in [5.41, 5.74) is 1.15. The zero-order valence-corrected chi connectivity index (χ0v) is 16.7. The van der Waals surface area contributed by atoms with Crippen LogP contribution in [0.5, 0.6) is 23.0 Å². The molecule has 0 aromatic heterocycles. The summed E-state index contributed by atoms with van der Waals surface area (Å²) >= 11 is 0. The standard InChI is InChI=1S/C21H23NO7/c1-25-16-8-5-14(18(12-16)27-3)6-10-21(24)29-13-20(23)22-15-7-9-17(26-2)19(11-15)28-4/h5-12H,13H2,1-4H3,(H,22,23)/b10-6+. The number of methoxy groups -OCH3 is 4. The molecule has 0 saturated heterocycles. The van der Waals surface area contributed by atoms with Crippen LogP contribution in [0.1, 0.15) is 5.56 Å². The zero-order valence-electron chi connectivity index (χ0n) is 16.7. The second-order valence-corrected chi connectivity index (χ2v) is 5.67. The maximum Gasteiger partial charge on any atom is 0.331 e. The lowest BCUT2D eigenvalue weighted by atomic mass is 10.2. The van der Waals surface area contributed by atoms with Gasteiger partial charge in [-0.05, 0) is 30.3 Å². The van der Waals surface area contributed by atoms with Crippen LogP contribution in [-0.4, -0.2) is 46.9 Å². The van der Waals surface area contributed by atoms with Crippen LogP contribution >= 0.6 is 0 Å². The van der Waals surface area contributed by atoms with Crippen molar-refractivity contribution in [1.82, 2.24) is 0 Å². The molecular weight excluding hydrogens is 378 g/mol. The van der Waals surface area contributed by atoms with Gasteiger partial charge >= 0.3 is 5.97 Å². The van der Waals surface area contributed by atoms with Crippen molar-refractivity contribution in [2.45, 2.75) is 0 Å². The number of ether oxygens (including phenoxy) is 5. The first-order valence-electron chi connectivity index (χ1n) is 8.59.